The predicted molar refractivity (Wildman–Crippen MR) is 144 cm³/mol. The van der Waals surface area contributed by atoms with Crippen LogP contribution in [0, 0.1) is 5.82 Å². The maximum absolute atomic E-state index is 14.6. The number of pyridine rings is 1. The molecule has 3 aromatic rings. The topological polar surface area (TPSA) is 83.0 Å². The van der Waals surface area contributed by atoms with Crippen molar-refractivity contribution in [3.05, 3.63) is 64.3 Å². The Morgan fingerprint density at radius 3 is 2.95 bits per heavy atom. The number of nitrogens with zero attached hydrogens (tertiary/aromatic N) is 4. The number of fused-ring (bicyclic) bond motifs is 1. The standard InChI is InChI=1S/C28H32ClFN6O/c1-18-6-2-3-14-36(18)15-5-12-32-28(37)22-17-31-13-11-25(22)34-26-20-7-4-8-24(20)33-27(35-26)21-16-19(29)9-10-23(21)30/h9-11,13,16-18H,2-8,12,14-15H2,1H3,(H,32,37)(H,31,33,34,35). The number of hydrogen-bond acceptors (Lipinski definition) is 6. The Bertz CT molecular complexity index is 1290. The summed E-state index contributed by atoms with van der Waals surface area (Å²) in [5.74, 6) is 0.233. The highest BCUT2D eigenvalue weighted by Gasteiger charge is 2.23. The van der Waals surface area contributed by atoms with E-state index in [2.05, 4.69) is 37.4 Å². The largest absolute Gasteiger partial charge is 0.352 e. The van der Waals surface area contributed by atoms with Crippen LogP contribution >= 0.6 is 11.6 Å². The lowest BCUT2D eigenvalue weighted by Gasteiger charge is -2.33. The number of halogens is 2. The number of aryl methyl sites for hydroxylation is 1. The number of benzene rings is 1. The van der Waals surface area contributed by atoms with Crippen LogP contribution < -0.4 is 10.6 Å². The normalized spacial score (nSPS) is 17.4. The second-order valence-electron chi connectivity index (χ2n) is 9.84. The van der Waals surface area contributed by atoms with Gasteiger partial charge in [-0.05, 0) is 76.3 Å². The zero-order chi connectivity index (χ0) is 25.8. The Balaban J connectivity index is 1.32. The van der Waals surface area contributed by atoms with E-state index in [0.29, 0.717) is 34.7 Å². The molecule has 1 saturated heterocycles. The lowest BCUT2D eigenvalue weighted by atomic mass is 10.0. The van der Waals surface area contributed by atoms with Crippen molar-refractivity contribution in [2.24, 2.45) is 0 Å². The van der Waals surface area contributed by atoms with E-state index < -0.39 is 5.82 Å². The number of anilines is 2. The summed E-state index contributed by atoms with van der Waals surface area (Å²) < 4.78 is 14.6. The third-order valence-electron chi connectivity index (χ3n) is 7.27. The molecule has 2 N–H and O–H groups in total. The highest BCUT2D eigenvalue weighted by molar-refractivity contribution is 6.30. The van der Waals surface area contributed by atoms with Gasteiger partial charge in [0.25, 0.3) is 5.91 Å². The fourth-order valence-electron chi connectivity index (χ4n) is 5.21. The van der Waals surface area contributed by atoms with Crippen molar-refractivity contribution in [1.29, 1.82) is 0 Å². The van der Waals surface area contributed by atoms with Gasteiger partial charge < -0.3 is 15.5 Å². The van der Waals surface area contributed by atoms with Crippen molar-refractivity contribution < 1.29 is 9.18 Å². The molecule has 0 radical (unpaired) electrons. The summed E-state index contributed by atoms with van der Waals surface area (Å²) in [5.41, 5.74) is 3.17. The van der Waals surface area contributed by atoms with Gasteiger partial charge in [0.2, 0.25) is 0 Å². The molecule has 5 rings (SSSR count). The van der Waals surface area contributed by atoms with Gasteiger partial charge in [0.15, 0.2) is 5.82 Å². The van der Waals surface area contributed by atoms with Crippen LogP contribution in [0.5, 0.6) is 0 Å². The first-order valence-corrected chi connectivity index (χ1v) is 13.5. The van der Waals surface area contributed by atoms with Crippen molar-refractivity contribution >= 4 is 29.0 Å². The predicted octanol–water partition coefficient (Wildman–Crippen LogP) is 5.56. The fourth-order valence-corrected chi connectivity index (χ4v) is 5.38. The molecule has 0 saturated carbocycles. The molecular weight excluding hydrogens is 491 g/mol. The van der Waals surface area contributed by atoms with E-state index in [0.717, 1.165) is 50.0 Å². The van der Waals surface area contributed by atoms with Crippen molar-refractivity contribution in [2.45, 2.75) is 57.9 Å². The zero-order valence-electron chi connectivity index (χ0n) is 21.1. The van der Waals surface area contributed by atoms with Gasteiger partial charge >= 0.3 is 0 Å². The van der Waals surface area contributed by atoms with E-state index in [1.807, 2.05) is 0 Å². The lowest BCUT2D eigenvalue weighted by molar-refractivity contribution is 0.0949. The number of carbonyl (C=O) groups excluding carboxylic acids is 1. The highest BCUT2D eigenvalue weighted by atomic mass is 35.5. The van der Waals surface area contributed by atoms with Crippen LogP contribution in [-0.4, -0.2) is 51.4 Å². The van der Waals surface area contributed by atoms with E-state index in [9.17, 15) is 9.18 Å². The summed E-state index contributed by atoms with van der Waals surface area (Å²) >= 11 is 6.12. The molecule has 1 amide bonds. The first kappa shape index (κ1) is 25.5. The molecule has 1 aromatic carbocycles. The van der Waals surface area contributed by atoms with Gasteiger partial charge in [-0.15, -0.1) is 0 Å². The number of likely N-dealkylation sites (tertiary alicyclic amines) is 1. The van der Waals surface area contributed by atoms with Gasteiger partial charge in [-0.2, -0.15) is 0 Å². The number of hydrogen-bond donors (Lipinski definition) is 2. The highest BCUT2D eigenvalue weighted by Crippen LogP contribution is 2.33. The van der Waals surface area contributed by atoms with Gasteiger partial charge in [0, 0.05) is 47.8 Å². The number of amides is 1. The first-order valence-electron chi connectivity index (χ1n) is 13.1. The Kier molecular flexibility index (Phi) is 7.96. The number of nitrogens with one attached hydrogen (secondary N) is 2. The maximum atomic E-state index is 14.6. The second-order valence-corrected chi connectivity index (χ2v) is 10.3. The molecule has 1 atom stereocenters. The van der Waals surface area contributed by atoms with Crippen molar-refractivity contribution in [3.63, 3.8) is 0 Å². The van der Waals surface area contributed by atoms with Crippen molar-refractivity contribution in [1.82, 2.24) is 25.2 Å². The Hall–Kier alpha value is -3.10. The van der Waals surface area contributed by atoms with Crippen molar-refractivity contribution in [2.75, 3.05) is 25.0 Å². The second kappa shape index (κ2) is 11.5. The van der Waals surface area contributed by atoms with E-state index in [1.165, 1.54) is 37.5 Å². The summed E-state index contributed by atoms with van der Waals surface area (Å²) in [5, 5.41) is 6.79. The van der Waals surface area contributed by atoms with Crippen LogP contribution in [-0.2, 0) is 12.8 Å². The van der Waals surface area contributed by atoms with Gasteiger partial charge in [-0.3, -0.25) is 9.78 Å². The van der Waals surface area contributed by atoms with Crippen LogP contribution in [0.1, 0.15) is 60.6 Å². The molecule has 2 aromatic heterocycles. The Morgan fingerprint density at radius 2 is 2.08 bits per heavy atom. The fraction of sp³-hybridized carbons (Fsp3) is 0.429. The minimum absolute atomic E-state index is 0.186. The lowest BCUT2D eigenvalue weighted by Crippen LogP contribution is -2.39. The molecule has 1 aliphatic carbocycles. The van der Waals surface area contributed by atoms with Gasteiger partial charge in [-0.25, -0.2) is 14.4 Å². The molecule has 3 heterocycles. The van der Waals surface area contributed by atoms with Crippen LogP contribution in [0.15, 0.2) is 36.7 Å². The molecule has 1 fully saturated rings. The monoisotopic (exact) mass is 522 g/mol. The van der Waals surface area contributed by atoms with E-state index in [1.54, 1.807) is 18.5 Å². The van der Waals surface area contributed by atoms with Crippen molar-refractivity contribution in [3.8, 4) is 11.4 Å². The zero-order valence-corrected chi connectivity index (χ0v) is 21.8. The molecule has 7 nitrogen and oxygen atoms in total. The molecule has 0 spiro atoms. The van der Waals surface area contributed by atoms with Gasteiger partial charge in [0.1, 0.15) is 11.6 Å². The molecular formula is C28H32ClFN6O. The van der Waals surface area contributed by atoms with Crippen LogP contribution in [0.3, 0.4) is 0 Å². The third-order valence-corrected chi connectivity index (χ3v) is 7.50. The summed E-state index contributed by atoms with van der Waals surface area (Å²) in [6.07, 6.45) is 10.4. The Labute approximate surface area is 221 Å². The first-order chi connectivity index (χ1) is 18.0. The van der Waals surface area contributed by atoms with E-state index >= 15 is 0 Å². The quantitative estimate of drug-likeness (QED) is 0.377. The number of piperidine rings is 1. The molecule has 2 aliphatic rings. The smallest absolute Gasteiger partial charge is 0.254 e. The minimum atomic E-state index is -0.434. The molecule has 37 heavy (non-hydrogen) atoms. The molecule has 9 heteroatoms. The van der Waals surface area contributed by atoms with Gasteiger partial charge in [-0.1, -0.05) is 18.0 Å². The number of rotatable bonds is 8. The number of carbonyl (C=O) groups is 1. The molecule has 0 bridgehead atoms. The van der Waals surface area contributed by atoms with Crippen LogP contribution in [0.25, 0.3) is 11.4 Å². The maximum Gasteiger partial charge on any atom is 0.254 e. The SMILES string of the molecule is CC1CCCCN1CCCNC(=O)c1cnccc1Nc1nc(-c2cc(Cl)ccc2F)nc2c1CCC2. The minimum Gasteiger partial charge on any atom is -0.352 e. The van der Waals surface area contributed by atoms with Crippen LogP contribution in [0.2, 0.25) is 5.02 Å². The number of aromatic nitrogens is 3. The average Bonchev–Trinajstić information content (AvgIpc) is 3.38. The van der Waals surface area contributed by atoms with E-state index in [-0.39, 0.29) is 17.3 Å². The average molecular weight is 523 g/mol. The Morgan fingerprint density at radius 1 is 1.19 bits per heavy atom. The summed E-state index contributed by atoms with van der Waals surface area (Å²) in [6.45, 7) is 4.99. The molecule has 1 aliphatic heterocycles. The third kappa shape index (κ3) is 5.91. The summed E-state index contributed by atoms with van der Waals surface area (Å²) in [7, 11) is 0. The van der Waals surface area contributed by atoms with Gasteiger partial charge in [0.05, 0.1) is 16.8 Å². The molecule has 194 valence electrons. The molecule has 1 unspecified atom stereocenters. The summed E-state index contributed by atoms with van der Waals surface area (Å²) in [4.78, 5) is 29.1. The summed E-state index contributed by atoms with van der Waals surface area (Å²) in [6, 6.07) is 6.72. The van der Waals surface area contributed by atoms with E-state index in [4.69, 9.17) is 11.6 Å². The van der Waals surface area contributed by atoms with Crippen LogP contribution in [0.4, 0.5) is 15.9 Å².